The summed E-state index contributed by atoms with van der Waals surface area (Å²) in [5.41, 5.74) is 16.6. The zero-order valence-corrected chi connectivity index (χ0v) is 43.2. The average molecular weight is 1010 g/mol. The first-order chi connectivity index (χ1) is 38.2. The Bertz CT molecular complexity index is 4910. The molecule has 0 unspecified atom stereocenters. The van der Waals surface area contributed by atoms with Crippen molar-refractivity contribution in [3.8, 4) is 22.3 Å². The molecule has 0 amide bonds. The van der Waals surface area contributed by atoms with E-state index in [9.17, 15) is 0 Å². The van der Waals surface area contributed by atoms with Crippen molar-refractivity contribution in [1.29, 1.82) is 0 Å². The van der Waals surface area contributed by atoms with Crippen molar-refractivity contribution in [2.75, 3.05) is 9.80 Å². The molecule has 13 aromatic carbocycles. The van der Waals surface area contributed by atoms with E-state index in [-0.39, 0.29) is 0 Å². The second-order valence-electron chi connectivity index (χ2n) is 20.6. The molecule has 0 fully saturated rings. The van der Waals surface area contributed by atoms with Crippen molar-refractivity contribution in [2.45, 2.75) is 5.41 Å². The Morgan fingerprint density at radius 2 is 0.675 bits per heavy atom. The van der Waals surface area contributed by atoms with Crippen LogP contribution in [0.25, 0.3) is 94.9 Å². The lowest BCUT2D eigenvalue weighted by atomic mass is 9.69. The fraction of sp³-hybridized carbons (Fsp3) is 0.0137. The monoisotopic (exact) mass is 1010 g/mol. The summed E-state index contributed by atoms with van der Waals surface area (Å²) in [7, 11) is 0. The number of hydrogen-bond donors (Lipinski definition) is 0. The molecule has 77 heavy (non-hydrogen) atoms. The van der Waals surface area contributed by atoms with Crippen molar-refractivity contribution in [3.05, 3.63) is 289 Å². The number of anilines is 6. The van der Waals surface area contributed by atoms with Crippen LogP contribution in [0.3, 0.4) is 0 Å². The van der Waals surface area contributed by atoms with Crippen LogP contribution in [0.2, 0.25) is 0 Å². The van der Waals surface area contributed by atoms with Crippen molar-refractivity contribution >= 4 is 129 Å². The van der Waals surface area contributed by atoms with E-state index < -0.39 is 5.41 Å². The fourth-order valence-electron chi connectivity index (χ4n) is 13.7. The minimum Gasteiger partial charge on any atom is -0.310 e. The molecular formula is C73H44N2S2. The number of nitrogens with zero attached hydrogens (tertiary/aromatic N) is 2. The SMILES string of the molecule is c1ccc(N(c2ccc3sc4ccccc4c3c2)c2ccc3c4c(c5ccccc5c3c2)-c2c(cc(N(c3ccccc3)c3ccc5sc6ccccc6c5c3)c3ccccc23)C42c3ccccc3-c3ccccc32)cc1. The predicted octanol–water partition coefficient (Wildman–Crippen LogP) is 21.2. The van der Waals surface area contributed by atoms with Gasteiger partial charge in [-0.15, -0.1) is 22.7 Å². The zero-order valence-electron chi connectivity index (χ0n) is 41.6. The number of thiophene rings is 2. The molecule has 17 rings (SSSR count). The van der Waals surface area contributed by atoms with E-state index >= 15 is 0 Å². The molecule has 2 aliphatic carbocycles. The van der Waals surface area contributed by atoms with Crippen LogP contribution in [0.1, 0.15) is 22.3 Å². The van der Waals surface area contributed by atoms with Crippen LogP contribution in [-0.2, 0) is 5.41 Å². The maximum Gasteiger partial charge on any atom is 0.0732 e. The third kappa shape index (κ3) is 6.00. The lowest BCUT2D eigenvalue weighted by Crippen LogP contribution is -2.26. The summed E-state index contributed by atoms with van der Waals surface area (Å²) in [6.45, 7) is 0. The van der Waals surface area contributed by atoms with E-state index in [0.717, 1.165) is 34.1 Å². The Labute approximate surface area is 453 Å². The summed E-state index contributed by atoms with van der Waals surface area (Å²) in [5, 5.41) is 12.6. The topological polar surface area (TPSA) is 6.48 Å². The first kappa shape index (κ1) is 43.0. The Balaban J connectivity index is 0.985. The molecule has 0 saturated carbocycles. The van der Waals surface area contributed by atoms with Crippen LogP contribution < -0.4 is 9.80 Å². The highest BCUT2D eigenvalue weighted by Gasteiger charge is 2.54. The molecule has 0 atom stereocenters. The van der Waals surface area contributed by atoms with Gasteiger partial charge in [-0.1, -0.05) is 176 Å². The molecule has 0 radical (unpaired) electrons. The summed E-state index contributed by atoms with van der Waals surface area (Å²) in [5.74, 6) is 0. The summed E-state index contributed by atoms with van der Waals surface area (Å²) < 4.78 is 5.20. The normalized spacial score (nSPS) is 13.0. The molecule has 0 bridgehead atoms. The van der Waals surface area contributed by atoms with Crippen LogP contribution in [0.5, 0.6) is 0 Å². The van der Waals surface area contributed by atoms with Gasteiger partial charge in [0.25, 0.3) is 0 Å². The number of benzene rings is 13. The molecule has 358 valence electrons. The Hall–Kier alpha value is -9.32. The van der Waals surface area contributed by atoms with Crippen LogP contribution in [0.15, 0.2) is 267 Å². The smallest absolute Gasteiger partial charge is 0.0732 e. The van der Waals surface area contributed by atoms with Crippen LogP contribution >= 0.6 is 22.7 Å². The maximum atomic E-state index is 2.59. The van der Waals surface area contributed by atoms with E-state index in [4.69, 9.17) is 0 Å². The minimum atomic E-state index is -0.666. The number of fused-ring (bicyclic) bond motifs is 23. The lowest BCUT2D eigenvalue weighted by Gasteiger charge is -2.34. The summed E-state index contributed by atoms with van der Waals surface area (Å²) in [6.07, 6.45) is 0. The van der Waals surface area contributed by atoms with Crippen LogP contribution in [0, 0.1) is 0 Å². The largest absolute Gasteiger partial charge is 0.310 e. The van der Waals surface area contributed by atoms with Gasteiger partial charge in [0.2, 0.25) is 0 Å². The summed E-state index contributed by atoms with van der Waals surface area (Å²) in [6, 6.07) is 100. The van der Waals surface area contributed by atoms with Crippen LogP contribution in [-0.4, -0.2) is 0 Å². The van der Waals surface area contributed by atoms with Gasteiger partial charge >= 0.3 is 0 Å². The van der Waals surface area contributed by atoms with Crippen molar-refractivity contribution in [2.24, 2.45) is 0 Å². The van der Waals surface area contributed by atoms with Crippen LogP contribution in [0.4, 0.5) is 34.1 Å². The van der Waals surface area contributed by atoms with Gasteiger partial charge in [0.05, 0.1) is 11.1 Å². The first-order valence-corrected chi connectivity index (χ1v) is 28.1. The molecule has 2 nitrogen and oxygen atoms in total. The standard InChI is InChI=1S/C73H44N2S2/c1-3-19-45(20-4-1)74(48-36-39-68-60(42-48)54-27-13-17-33-66(54)76-68)47-35-38-58-59(41-47)50-23-7-9-29-56(50)71-70-57-30-10-8-26-53(57)65(44-64(70)73(72(58)71)62-31-15-11-24-51(62)52-25-12-16-32-63(52)73)75(46-21-5-2-6-22-46)49-37-40-69-61(43-49)55-28-14-18-34-67(55)77-69/h1-44H. The first-order valence-electron chi connectivity index (χ1n) is 26.5. The molecule has 2 heterocycles. The van der Waals surface area contributed by atoms with Crippen molar-refractivity contribution < 1.29 is 0 Å². The third-order valence-electron chi connectivity index (χ3n) is 16.8. The van der Waals surface area contributed by atoms with E-state index in [0.29, 0.717) is 0 Å². The quantitative estimate of drug-likeness (QED) is 0.153. The predicted molar refractivity (Wildman–Crippen MR) is 330 cm³/mol. The number of rotatable bonds is 6. The number of hydrogen-bond acceptors (Lipinski definition) is 4. The minimum absolute atomic E-state index is 0.666. The second-order valence-corrected chi connectivity index (χ2v) is 22.8. The maximum absolute atomic E-state index is 2.59. The molecule has 4 heteroatoms. The highest BCUT2D eigenvalue weighted by Crippen LogP contribution is 2.67. The molecule has 15 aromatic rings. The summed E-state index contributed by atoms with van der Waals surface area (Å²) in [4.78, 5) is 4.97. The van der Waals surface area contributed by atoms with Gasteiger partial charge in [-0.3, -0.25) is 0 Å². The summed E-state index contributed by atoms with van der Waals surface area (Å²) >= 11 is 3.73. The van der Waals surface area contributed by atoms with Gasteiger partial charge in [0, 0.05) is 74.2 Å². The Morgan fingerprint density at radius 3 is 1.27 bits per heavy atom. The highest BCUT2D eigenvalue weighted by atomic mass is 32.1. The molecule has 0 N–H and O–H groups in total. The van der Waals surface area contributed by atoms with E-state index in [1.54, 1.807) is 0 Å². The Morgan fingerprint density at radius 1 is 0.247 bits per heavy atom. The molecular weight excluding hydrogens is 969 g/mol. The van der Waals surface area contributed by atoms with Crippen molar-refractivity contribution in [3.63, 3.8) is 0 Å². The van der Waals surface area contributed by atoms with E-state index in [2.05, 4.69) is 277 Å². The average Bonchev–Trinajstić information content (AvgIpc) is 4.39. The second kappa shape index (κ2) is 16.3. The van der Waals surface area contributed by atoms with E-state index in [1.807, 2.05) is 22.7 Å². The third-order valence-corrected chi connectivity index (χ3v) is 19.1. The van der Waals surface area contributed by atoms with Gasteiger partial charge in [0.1, 0.15) is 0 Å². The molecule has 1 spiro atoms. The molecule has 2 aliphatic rings. The van der Waals surface area contributed by atoms with Gasteiger partial charge in [0.15, 0.2) is 0 Å². The van der Waals surface area contributed by atoms with Gasteiger partial charge in [-0.25, -0.2) is 0 Å². The van der Waals surface area contributed by atoms with Gasteiger partial charge < -0.3 is 9.80 Å². The van der Waals surface area contributed by atoms with Gasteiger partial charge in [-0.05, 0) is 162 Å². The fourth-order valence-corrected chi connectivity index (χ4v) is 15.9. The van der Waals surface area contributed by atoms with Gasteiger partial charge in [-0.2, -0.15) is 0 Å². The molecule has 0 aliphatic heterocycles. The number of para-hydroxylation sites is 2. The molecule has 2 aromatic heterocycles. The zero-order chi connectivity index (χ0) is 50.3. The van der Waals surface area contributed by atoms with E-state index in [1.165, 1.54) is 117 Å². The van der Waals surface area contributed by atoms with Crippen molar-refractivity contribution in [1.82, 2.24) is 0 Å². The lowest BCUT2D eigenvalue weighted by molar-refractivity contribution is 0.802. The molecule has 0 saturated heterocycles. The Kier molecular flexibility index (Phi) is 9.12. The highest BCUT2D eigenvalue weighted by molar-refractivity contribution is 7.26.